The van der Waals surface area contributed by atoms with Crippen molar-refractivity contribution >= 4 is 7.28 Å². The molecule has 0 nitrogen and oxygen atoms in total. The molecule has 2 aliphatic carbocycles. The highest BCUT2D eigenvalue weighted by atomic mass is 14.6. The summed E-state index contributed by atoms with van der Waals surface area (Å²) in [7, 11) is 2.35. The molecule has 31 valence electrons. The van der Waals surface area contributed by atoms with Crippen molar-refractivity contribution in [2.75, 3.05) is 0 Å². The van der Waals surface area contributed by atoms with Crippen LogP contribution in [0.4, 0.5) is 0 Å². The van der Waals surface area contributed by atoms with Crippen molar-refractivity contribution in [2.24, 2.45) is 11.8 Å². The SMILES string of the molecule is C[B]C1C2CC12. The lowest BCUT2D eigenvalue weighted by Crippen LogP contribution is -1.86. The third-order valence-corrected chi connectivity index (χ3v) is 2.12. The van der Waals surface area contributed by atoms with Crippen molar-refractivity contribution in [2.45, 2.75) is 19.1 Å². The second-order valence-corrected chi connectivity index (χ2v) is 2.47. The molecule has 2 aliphatic rings. The Morgan fingerprint density at radius 3 is 2.17 bits per heavy atom. The van der Waals surface area contributed by atoms with E-state index >= 15 is 0 Å². The molecule has 2 fully saturated rings. The third-order valence-electron chi connectivity index (χ3n) is 2.12. The summed E-state index contributed by atoms with van der Waals surface area (Å²) < 4.78 is 0. The van der Waals surface area contributed by atoms with Crippen molar-refractivity contribution in [1.82, 2.24) is 0 Å². The Labute approximate surface area is 39.2 Å². The molecular weight excluding hydrogens is 70.9 g/mol. The van der Waals surface area contributed by atoms with Crippen molar-refractivity contribution in [1.29, 1.82) is 0 Å². The van der Waals surface area contributed by atoms with E-state index in [1.54, 1.807) is 6.42 Å². The molecule has 0 spiro atoms. The van der Waals surface area contributed by atoms with Crippen molar-refractivity contribution < 1.29 is 0 Å². The highest BCUT2D eigenvalue weighted by molar-refractivity contribution is 6.38. The normalized spacial score (nSPS) is 59.8. The highest BCUT2D eigenvalue weighted by Crippen LogP contribution is 2.72. The van der Waals surface area contributed by atoms with Gasteiger partial charge in [0.1, 0.15) is 7.28 Å². The largest absolute Gasteiger partial charge is 0.110 e. The lowest BCUT2D eigenvalue weighted by atomic mass is 9.71. The van der Waals surface area contributed by atoms with E-state index in [0.717, 1.165) is 5.82 Å². The van der Waals surface area contributed by atoms with Gasteiger partial charge in [-0.1, -0.05) is 12.6 Å². The van der Waals surface area contributed by atoms with Crippen LogP contribution in [0, 0.1) is 11.8 Å². The van der Waals surface area contributed by atoms with E-state index in [9.17, 15) is 0 Å². The van der Waals surface area contributed by atoms with Crippen LogP contribution in [0.3, 0.4) is 0 Å². The van der Waals surface area contributed by atoms with Gasteiger partial charge in [-0.05, 0) is 18.3 Å². The van der Waals surface area contributed by atoms with E-state index in [1.807, 2.05) is 0 Å². The fourth-order valence-corrected chi connectivity index (χ4v) is 1.32. The Morgan fingerprint density at radius 1 is 1.50 bits per heavy atom. The van der Waals surface area contributed by atoms with Gasteiger partial charge in [-0.2, -0.15) is 0 Å². The van der Waals surface area contributed by atoms with Crippen LogP contribution in [0.15, 0.2) is 0 Å². The lowest BCUT2D eigenvalue weighted by Gasteiger charge is -1.89. The van der Waals surface area contributed by atoms with Gasteiger partial charge in [0.05, 0.1) is 0 Å². The van der Waals surface area contributed by atoms with E-state index in [1.165, 1.54) is 11.8 Å². The Hall–Kier alpha value is 0.0649. The van der Waals surface area contributed by atoms with Crippen LogP contribution in [-0.4, -0.2) is 7.28 Å². The van der Waals surface area contributed by atoms with E-state index < -0.39 is 0 Å². The second-order valence-electron chi connectivity index (χ2n) is 2.47. The molecule has 0 N–H and O–H groups in total. The molecule has 0 aromatic heterocycles. The van der Waals surface area contributed by atoms with Gasteiger partial charge in [-0.15, -0.1) is 0 Å². The summed E-state index contributed by atoms with van der Waals surface area (Å²) in [6, 6.07) is 0. The molecule has 0 heterocycles. The maximum Gasteiger partial charge on any atom is 0.110 e. The molecule has 1 radical (unpaired) electrons. The van der Waals surface area contributed by atoms with Gasteiger partial charge in [0.2, 0.25) is 0 Å². The van der Waals surface area contributed by atoms with Gasteiger partial charge < -0.3 is 0 Å². The zero-order chi connectivity index (χ0) is 4.15. The Kier molecular flexibility index (Phi) is 0.355. The van der Waals surface area contributed by atoms with E-state index in [2.05, 4.69) is 14.1 Å². The van der Waals surface area contributed by atoms with Crippen molar-refractivity contribution in [3.05, 3.63) is 0 Å². The molecule has 0 bridgehead atoms. The van der Waals surface area contributed by atoms with Crippen LogP contribution in [0.5, 0.6) is 0 Å². The summed E-state index contributed by atoms with van der Waals surface area (Å²) in [6.45, 7) is 2.18. The summed E-state index contributed by atoms with van der Waals surface area (Å²) in [5.41, 5.74) is 0. The van der Waals surface area contributed by atoms with Gasteiger partial charge in [0.15, 0.2) is 0 Å². The van der Waals surface area contributed by atoms with Crippen LogP contribution in [0.25, 0.3) is 0 Å². The second kappa shape index (κ2) is 0.684. The fourth-order valence-electron chi connectivity index (χ4n) is 1.32. The van der Waals surface area contributed by atoms with Gasteiger partial charge in [0, 0.05) is 0 Å². The summed E-state index contributed by atoms with van der Waals surface area (Å²) in [5.74, 6) is 3.43. The molecule has 2 rings (SSSR count). The first kappa shape index (κ1) is 3.12. The van der Waals surface area contributed by atoms with Gasteiger partial charge in [0.25, 0.3) is 0 Å². The van der Waals surface area contributed by atoms with Crippen LogP contribution < -0.4 is 0 Å². The maximum absolute atomic E-state index is 2.35. The monoisotopic (exact) mass is 79.1 g/mol. The molecule has 1 heteroatoms. The Morgan fingerprint density at radius 2 is 2.17 bits per heavy atom. The first-order valence-corrected chi connectivity index (χ1v) is 2.73. The number of hydrogen-bond acceptors (Lipinski definition) is 0. The molecule has 6 heavy (non-hydrogen) atoms. The molecule has 0 saturated heterocycles. The third kappa shape index (κ3) is 0.193. The molecular formula is C5H8B. The Bertz CT molecular complexity index is 72.0. The first-order chi connectivity index (χ1) is 2.93. The average Bonchev–Trinajstić information content (AvgIpc) is 2.12. The van der Waals surface area contributed by atoms with Crippen LogP contribution in [0.1, 0.15) is 6.42 Å². The summed E-state index contributed by atoms with van der Waals surface area (Å²) in [6.07, 6.45) is 1.55. The predicted octanol–water partition coefficient (Wildman–Crippen LogP) is 1.18. The van der Waals surface area contributed by atoms with Gasteiger partial charge in [-0.3, -0.25) is 0 Å². The first-order valence-electron chi connectivity index (χ1n) is 2.73. The minimum atomic E-state index is 1.07. The van der Waals surface area contributed by atoms with Crippen LogP contribution >= 0.6 is 0 Å². The summed E-state index contributed by atoms with van der Waals surface area (Å²) >= 11 is 0. The van der Waals surface area contributed by atoms with Gasteiger partial charge >= 0.3 is 0 Å². The van der Waals surface area contributed by atoms with E-state index in [4.69, 9.17) is 0 Å². The molecule has 0 aromatic rings. The van der Waals surface area contributed by atoms with E-state index in [0.29, 0.717) is 0 Å². The number of hydrogen-bond donors (Lipinski definition) is 0. The van der Waals surface area contributed by atoms with Gasteiger partial charge in [-0.25, -0.2) is 0 Å². The smallest absolute Gasteiger partial charge is 0.0917 e. The predicted molar refractivity (Wildman–Crippen MR) is 27.0 cm³/mol. The number of rotatable bonds is 1. The molecule has 2 unspecified atom stereocenters. The molecule has 0 amide bonds. The zero-order valence-corrected chi connectivity index (χ0v) is 4.02. The highest BCUT2D eigenvalue weighted by Gasteiger charge is 2.62. The van der Waals surface area contributed by atoms with E-state index in [-0.39, 0.29) is 0 Å². The average molecular weight is 78.9 g/mol. The summed E-state index contributed by atoms with van der Waals surface area (Å²) in [4.78, 5) is 0. The van der Waals surface area contributed by atoms with Crippen molar-refractivity contribution in [3.63, 3.8) is 0 Å². The molecule has 0 aromatic carbocycles. The molecule has 0 aliphatic heterocycles. The Balaban J connectivity index is 1.92. The topological polar surface area (TPSA) is 0 Å². The number of fused-ring (bicyclic) bond motifs is 1. The molecule has 2 atom stereocenters. The maximum atomic E-state index is 2.35. The fraction of sp³-hybridized carbons (Fsp3) is 1.00. The summed E-state index contributed by atoms with van der Waals surface area (Å²) in [5, 5.41) is 0. The van der Waals surface area contributed by atoms with Crippen LogP contribution in [-0.2, 0) is 0 Å². The van der Waals surface area contributed by atoms with Crippen LogP contribution in [0.2, 0.25) is 12.6 Å². The lowest BCUT2D eigenvalue weighted by molar-refractivity contribution is 0.902. The minimum Gasteiger partial charge on any atom is -0.0917 e. The minimum absolute atomic E-state index is 1.07. The standard InChI is InChI=1S/C5H8B/c1-6-5-3-2-4(3)5/h3-5H,2H2,1H3. The molecule has 2 saturated carbocycles. The quantitative estimate of drug-likeness (QED) is 0.414. The zero-order valence-electron chi connectivity index (χ0n) is 4.02. The van der Waals surface area contributed by atoms with Crippen molar-refractivity contribution in [3.8, 4) is 0 Å².